The zero-order chi connectivity index (χ0) is 11.3. The van der Waals surface area contributed by atoms with Gasteiger partial charge in [-0.15, -0.1) is 0 Å². The summed E-state index contributed by atoms with van der Waals surface area (Å²) in [6, 6.07) is 0.469. The fraction of sp³-hybridized carbons (Fsp3) is 1.00. The van der Waals surface area contributed by atoms with Crippen molar-refractivity contribution in [1.29, 1.82) is 0 Å². The van der Waals surface area contributed by atoms with Gasteiger partial charge >= 0.3 is 0 Å². The monoisotopic (exact) mass is 212 g/mol. The zero-order valence-corrected chi connectivity index (χ0v) is 10.7. The number of rotatable bonds is 6. The molecule has 0 aromatic carbocycles. The van der Waals surface area contributed by atoms with Crippen molar-refractivity contribution < 1.29 is 0 Å². The van der Waals surface area contributed by atoms with E-state index in [1.165, 1.54) is 45.1 Å². The second-order valence-electron chi connectivity index (χ2n) is 5.16. The van der Waals surface area contributed by atoms with E-state index in [-0.39, 0.29) is 0 Å². The van der Waals surface area contributed by atoms with Gasteiger partial charge in [0.15, 0.2) is 0 Å². The van der Waals surface area contributed by atoms with Crippen LogP contribution in [-0.4, -0.2) is 18.1 Å². The van der Waals surface area contributed by atoms with Crippen LogP contribution in [0.5, 0.6) is 0 Å². The Balaban J connectivity index is 2.33. The standard InChI is InChI=1S/C13H28N2/c1-4-13(5-2,6-3)15-10-11-7-8-12(14)9-11/h11-12,15H,4-10,14H2,1-3H3. The van der Waals surface area contributed by atoms with Gasteiger partial charge in [-0.3, -0.25) is 0 Å². The molecule has 0 saturated heterocycles. The SMILES string of the molecule is CCC(CC)(CC)NCC1CCC(N)C1. The van der Waals surface area contributed by atoms with Gasteiger partial charge in [-0.2, -0.15) is 0 Å². The van der Waals surface area contributed by atoms with Crippen molar-refractivity contribution in [3.05, 3.63) is 0 Å². The van der Waals surface area contributed by atoms with E-state index in [9.17, 15) is 0 Å². The lowest BCUT2D eigenvalue weighted by atomic mass is 9.89. The molecule has 1 aliphatic carbocycles. The first-order valence-electron chi connectivity index (χ1n) is 6.66. The Hall–Kier alpha value is -0.0800. The van der Waals surface area contributed by atoms with Crippen LogP contribution in [0, 0.1) is 5.92 Å². The summed E-state index contributed by atoms with van der Waals surface area (Å²) in [6.45, 7) is 8.05. The van der Waals surface area contributed by atoms with Crippen LogP contribution in [0.2, 0.25) is 0 Å². The van der Waals surface area contributed by atoms with Crippen molar-refractivity contribution in [1.82, 2.24) is 5.32 Å². The Morgan fingerprint density at radius 2 is 1.73 bits per heavy atom. The molecule has 2 nitrogen and oxygen atoms in total. The molecule has 0 radical (unpaired) electrons. The molecule has 3 N–H and O–H groups in total. The summed E-state index contributed by atoms with van der Waals surface area (Å²) >= 11 is 0. The van der Waals surface area contributed by atoms with Crippen LogP contribution in [0.25, 0.3) is 0 Å². The van der Waals surface area contributed by atoms with Crippen molar-refractivity contribution in [3.63, 3.8) is 0 Å². The molecule has 1 saturated carbocycles. The number of hydrogen-bond donors (Lipinski definition) is 2. The Bertz CT molecular complexity index is 167. The van der Waals surface area contributed by atoms with E-state index in [1.807, 2.05) is 0 Å². The maximum atomic E-state index is 5.93. The van der Waals surface area contributed by atoms with Gasteiger partial charge in [0.1, 0.15) is 0 Å². The summed E-state index contributed by atoms with van der Waals surface area (Å²) in [5.74, 6) is 0.823. The van der Waals surface area contributed by atoms with Crippen LogP contribution in [0.1, 0.15) is 59.3 Å². The molecule has 0 bridgehead atoms. The van der Waals surface area contributed by atoms with Crippen molar-refractivity contribution in [3.8, 4) is 0 Å². The smallest absolute Gasteiger partial charge is 0.0173 e. The van der Waals surface area contributed by atoms with E-state index in [0.717, 1.165) is 5.92 Å². The Morgan fingerprint density at radius 3 is 2.13 bits per heavy atom. The van der Waals surface area contributed by atoms with Crippen molar-refractivity contribution in [2.45, 2.75) is 70.9 Å². The summed E-state index contributed by atoms with van der Waals surface area (Å²) in [5, 5.41) is 3.79. The van der Waals surface area contributed by atoms with Gasteiger partial charge in [-0.1, -0.05) is 20.8 Å². The number of nitrogens with one attached hydrogen (secondary N) is 1. The van der Waals surface area contributed by atoms with Gasteiger partial charge in [0, 0.05) is 11.6 Å². The Kier molecular flexibility index (Phi) is 5.07. The molecule has 0 aliphatic heterocycles. The third kappa shape index (κ3) is 3.46. The third-order valence-electron chi connectivity index (χ3n) is 4.38. The molecule has 0 heterocycles. The van der Waals surface area contributed by atoms with E-state index in [4.69, 9.17) is 5.73 Å². The lowest BCUT2D eigenvalue weighted by molar-refractivity contribution is 0.270. The molecule has 2 unspecified atom stereocenters. The molecule has 0 spiro atoms. The van der Waals surface area contributed by atoms with Crippen molar-refractivity contribution in [2.75, 3.05) is 6.54 Å². The highest BCUT2D eigenvalue weighted by Gasteiger charge is 2.27. The van der Waals surface area contributed by atoms with Crippen LogP contribution in [0.3, 0.4) is 0 Å². The first-order valence-corrected chi connectivity index (χ1v) is 6.66. The van der Waals surface area contributed by atoms with Crippen LogP contribution in [-0.2, 0) is 0 Å². The molecule has 1 rings (SSSR count). The lowest BCUT2D eigenvalue weighted by Gasteiger charge is -2.33. The van der Waals surface area contributed by atoms with Gasteiger partial charge in [-0.05, 0) is 51.0 Å². The minimum atomic E-state index is 0.382. The lowest BCUT2D eigenvalue weighted by Crippen LogP contribution is -2.45. The topological polar surface area (TPSA) is 38.0 Å². The van der Waals surface area contributed by atoms with Crippen LogP contribution in [0.15, 0.2) is 0 Å². The number of hydrogen-bond acceptors (Lipinski definition) is 2. The Morgan fingerprint density at radius 1 is 1.13 bits per heavy atom. The van der Waals surface area contributed by atoms with Crippen LogP contribution >= 0.6 is 0 Å². The van der Waals surface area contributed by atoms with E-state index < -0.39 is 0 Å². The predicted molar refractivity (Wildman–Crippen MR) is 66.9 cm³/mol. The largest absolute Gasteiger partial charge is 0.328 e. The highest BCUT2D eigenvalue weighted by Crippen LogP contribution is 2.25. The van der Waals surface area contributed by atoms with Gasteiger partial charge in [0.25, 0.3) is 0 Å². The molecule has 90 valence electrons. The summed E-state index contributed by atoms with van der Waals surface area (Å²) < 4.78 is 0. The molecular formula is C13H28N2. The van der Waals surface area contributed by atoms with E-state index in [2.05, 4.69) is 26.1 Å². The molecule has 1 aliphatic rings. The van der Waals surface area contributed by atoms with Gasteiger partial charge in [0.2, 0.25) is 0 Å². The quantitative estimate of drug-likeness (QED) is 0.710. The number of nitrogens with two attached hydrogens (primary N) is 1. The van der Waals surface area contributed by atoms with Gasteiger partial charge in [0.05, 0.1) is 0 Å². The molecule has 2 atom stereocenters. The molecular weight excluding hydrogens is 184 g/mol. The van der Waals surface area contributed by atoms with E-state index in [1.54, 1.807) is 0 Å². The first-order chi connectivity index (χ1) is 7.15. The fourth-order valence-electron chi connectivity index (χ4n) is 2.78. The second-order valence-corrected chi connectivity index (χ2v) is 5.16. The molecule has 15 heavy (non-hydrogen) atoms. The van der Waals surface area contributed by atoms with Crippen molar-refractivity contribution in [2.24, 2.45) is 11.7 Å². The molecule has 0 amide bonds. The minimum Gasteiger partial charge on any atom is -0.328 e. The molecule has 0 aromatic rings. The maximum Gasteiger partial charge on any atom is 0.0173 e. The zero-order valence-electron chi connectivity index (χ0n) is 10.7. The van der Waals surface area contributed by atoms with Gasteiger partial charge in [-0.25, -0.2) is 0 Å². The summed E-state index contributed by atoms with van der Waals surface area (Å²) in [7, 11) is 0. The summed E-state index contributed by atoms with van der Waals surface area (Å²) in [6.07, 6.45) is 7.47. The van der Waals surface area contributed by atoms with E-state index in [0.29, 0.717) is 11.6 Å². The molecule has 1 fully saturated rings. The highest BCUT2D eigenvalue weighted by molar-refractivity contribution is 4.87. The third-order valence-corrected chi connectivity index (χ3v) is 4.38. The minimum absolute atomic E-state index is 0.382. The van der Waals surface area contributed by atoms with Crippen molar-refractivity contribution >= 4 is 0 Å². The normalized spacial score (nSPS) is 27.2. The maximum absolute atomic E-state index is 5.93. The Labute approximate surface area is 95.0 Å². The fourth-order valence-corrected chi connectivity index (χ4v) is 2.78. The highest BCUT2D eigenvalue weighted by atomic mass is 15.0. The average Bonchev–Trinajstić information content (AvgIpc) is 2.67. The summed E-state index contributed by atoms with van der Waals surface area (Å²) in [5.41, 5.74) is 6.32. The second kappa shape index (κ2) is 5.86. The van der Waals surface area contributed by atoms with Crippen LogP contribution in [0.4, 0.5) is 0 Å². The van der Waals surface area contributed by atoms with Crippen LogP contribution < -0.4 is 11.1 Å². The summed E-state index contributed by atoms with van der Waals surface area (Å²) in [4.78, 5) is 0. The van der Waals surface area contributed by atoms with Gasteiger partial charge < -0.3 is 11.1 Å². The molecule has 0 aromatic heterocycles. The first kappa shape index (κ1) is 13.0. The van der Waals surface area contributed by atoms with E-state index >= 15 is 0 Å². The predicted octanol–water partition coefficient (Wildman–Crippen LogP) is 2.67. The molecule has 2 heteroatoms. The average molecular weight is 212 g/mol.